The highest BCUT2D eigenvalue weighted by molar-refractivity contribution is 6.04. The third kappa shape index (κ3) is 3.23. The summed E-state index contributed by atoms with van der Waals surface area (Å²) in [7, 11) is 0. The normalized spacial score (nSPS) is 14.5. The second-order valence-corrected chi connectivity index (χ2v) is 6.06. The predicted molar refractivity (Wildman–Crippen MR) is 94.8 cm³/mol. The topological polar surface area (TPSA) is 88.6 Å². The minimum atomic E-state index is -0.395. The monoisotopic (exact) mass is 351 g/mol. The van der Waals surface area contributed by atoms with Crippen LogP contribution in [0.2, 0.25) is 0 Å². The minimum Gasteiger partial charge on any atom is -0.461 e. The van der Waals surface area contributed by atoms with E-state index in [9.17, 15) is 9.59 Å². The van der Waals surface area contributed by atoms with Gasteiger partial charge in [-0.05, 0) is 43.2 Å². The third-order valence-corrected chi connectivity index (χ3v) is 4.25. The van der Waals surface area contributed by atoms with Crippen molar-refractivity contribution < 1.29 is 18.5 Å². The number of hydrogen-bond acceptors (Lipinski definition) is 5. The second kappa shape index (κ2) is 6.87. The van der Waals surface area contributed by atoms with Gasteiger partial charge in [0.25, 0.3) is 5.91 Å². The van der Waals surface area contributed by atoms with Gasteiger partial charge in [0.05, 0.1) is 6.26 Å². The molecule has 0 bridgehead atoms. The number of nitrogens with zero attached hydrogens (tertiary/aromatic N) is 2. The highest BCUT2D eigenvalue weighted by atomic mass is 16.5. The lowest BCUT2D eigenvalue weighted by molar-refractivity contribution is -0.119. The number of amides is 2. The van der Waals surface area contributed by atoms with Gasteiger partial charge in [-0.15, -0.1) is 0 Å². The first kappa shape index (κ1) is 16.1. The van der Waals surface area contributed by atoms with E-state index in [0.717, 1.165) is 18.5 Å². The number of benzene rings is 1. The van der Waals surface area contributed by atoms with Crippen molar-refractivity contribution in [2.75, 3.05) is 16.8 Å². The van der Waals surface area contributed by atoms with Crippen LogP contribution in [0.25, 0.3) is 11.5 Å². The highest BCUT2D eigenvalue weighted by Gasteiger charge is 2.20. The van der Waals surface area contributed by atoms with Crippen LogP contribution in [0.15, 0.2) is 57.7 Å². The highest BCUT2D eigenvalue weighted by Crippen LogP contribution is 2.25. The summed E-state index contributed by atoms with van der Waals surface area (Å²) in [5.74, 6) is 0.600. The Morgan fingerprint density at radius 1 is 1.12 bits per heavy atom. The Labute approximate surface area is 149 Å². The first-order chi connectivity index (χ1) is 12.7. The molecule has 132 valence electrons. The first-order valence-corrected chi connectivity index (χ1v) is 8.43. The van der Waals surface area contributed by atoms with Crippen LogP contribution >= 0.6 is 0 Å². The Bertz CT molecular complexity index is 930. The zero-order valence-electron chi connectivity index (χ0n) is 14.0. The number of anilines is 2. The Morgan fingerprint density at radius 2 is 2.04 bits per heavy atom. The van der Waals surface area contributed by atoms with Crippen molar-refractivity contribution >= 4 is 23.2 Å². The van der Waals surface area contributed by atoms with Crippen molar-refractivity contribution in [3.63, 3.8) is 0 Å². The van der Waals surface area contributed by atoms with Crippen molar-refractivity contribution in [1.82, 2.24) is 5.16 Å². The molecule has 1 N–H and O–H groups in total. The van der Waals surface area contributed by atoms with E-state index in [1.807, 2.05) is 12.1 Å². The van der Waals surface area contributed by atoms with E-state index >= 15 is 0 Å². The summed E-state index contributed by atoms with van der Waals surface area (Å²) in [4.78, 5) is 26.2. The fourth-order valence-electron chi connectivity index (χ4n) is 2.94. The number of piperidine rings is 1. The molecule has 4 rings (SSSR count). The maximum absolute atomic E-state index is 12.4. The van der Waals surface area contributed by atoms with Gasteiger partial charge in [0.1, 0.15) is 0 Å². The van der Waals surface area contributed by atoms with Crippen LogP contribution in [0.3, 0.4) is 0 Å². The van der Waals surface area contributed by atoms with Gasteiger partial charge in [0.2, 0.25) is 11.7 Å². The molecule has 0 saturated carbocycles. The lowest BCUT2D eigenvalue weighted by Gasteiger charge is -2.27. The molecule has 2 amide bonds. The van der Waals surface area contributed by atoms with Gasteiger partial charge in [-0.25, -0.2) is 0 Å². The lowest BCUT2D eigenvalue weighted by Crippen LogP contribution is -2.35. The Kier molecular flexibility index (Phi) is 4.27. The van der Waals surface area contributed by atoms with Gasteiger partial charge < -0.3 is 19.2 Å². The fourth-order valence-corrected chi connectivity index (χ4v) is 2.94. The quantitative estimate of drug-likeness (QED) is 0.774. The number of aromatic nitrogens is 1. The molecule has 7 nitrogen and oxygen atoms in total. The van der Waals surface area contributed by atoms with Crippen LogP contribution in [0, 0.1) is 0 Å². The zero-order chi connectivity index (χ0) is 17.9. The second-order valence-electron chi connectivity index (χ2n) is 6.06. The molecule has 1 aliphatic rings. The average Bonchev–Trinajstić information content (AvgIpc) is 3.34. The number of carbonyl (C=O) groups is 2. The van der Waals surface area contributed by atoms with Gasteiger partial charge in [-0.2, -0.15) is 0 Å². The standard InChI is InChI=1S/C19H17N3O4/c23-18-8-1-2-9-22(18)14-6-3-5-13(11-14)20-19(24)15-12-17(26-21-15)16-7-4-10-25-16/h3-7,10-12H,1-2,8-9H2,(H,20,24). The van der Waals surface area contributed by atoms with Crippen LogP contribution in [0.4, 0.5) is 11.4 Å². The van der Waals surface area contributed by atoms with Crippen molar-refractivity contribution in [3.8, 4) is 11.5 Å². The predicted octanol–water partition coefficient (Wildman–Crippen LogP) is 3.70. The minimum absolute atomic E-state index is 0.110. The van der Waals surface area contributed by atoms with Crippen molar-refractivity contribution in [3.05, 3.63) is 54.4 Å². The van der Waals surface area contributed by atoms with Gasteiger partial charge in [0.15, 0.2) is 11.5 Å². The summed E-state index contributed by atoms with van der Waals surface area (Å²) in [5, 5.41) is 6.56. The molecule has 7 heteroatoms. The van der Waals surface area contributed by atoms with Crippen LogP contribution in [-0.2, 0) is 4.79 Å². The van der Waals surface area contributed by atoms with E-state index in [-0.39, 0.29) is 11.6 Å². The zero-order valence-corrected chi connectivity index (χ0v) is 14.0. The molecule has 0 spiro atoms. The van der Waals surface area contributed by atoms with E-state index in [1.165, 1.54) is 12.3 Å². The molecular formula is C19H17N3O4. The van der Waals surface area contributed by atoms with E-state index in [0.29, 0.717) is 30.2 Å². The number of nitrogens with one attached hydrogen (secondary N) is 1. The third-order valence-electron chi connectivity index (χ3n) is 4.25. The molecule has 0 radical (unpaired) electrons. The molecule has 1 aromatic carbocycles. The Hall–Kier alpha value is -3.35. The summed E-state index contributed by atoms with van der Waals surface area (Å²) in [5.41, 5.74) is 1.52. The smallest absolute Gasteiger partial charge is 0.277 e. The molecule has 1 aliphatic heterocycles. The summed E-state index contributed by atoms with van der Waals surface area (Å²) in [6.07, 6.45) is 3.99. The summed E-state index contributed by atoms with van der Waals surface area (Å²) >= 11 is 0. The molecule has 1 fully saturated rings. The maximum Gasteiger partial charge on any atom is 0.277 e. The lowest BCUT2D eigenvalue weighted by atomic mass is 10.1. The molecule has 0 atom stereocenters. The molecule has 1 saturated heterocycles. The van der Waals surface area contributed by atoms with Crippen molar-refractivity contribution in [2.24, 2.45) is 0 Å². The molecule has 0 aliphatic carbocycles. The SMILES string of the molecule is O=C(Nc1cccc(N2CCCCC2=O)c1)c1cc(-c2ccco2)on1. The van der Waals surface area contributed by atoms with E-state index in [1.54, 1.807) is 29.2 Å². The van der Waals surface area contributed by atoms with E-state index in [2.05, 4.69) is 10.5 Å². The number of hydrogen-bond donors (Lipinski definition) is 1. The summed E-state index contributed by atoms with van der Waals surface area (Å²) in [6.45, 7) is 0.700. The van der Waals surface area contributed by atoms with Crippen LogP contribution < -0.4 is 10.2 Å². The van der Waals surface area contributed by atoms with Crippen molar-refractivity contribution in [1.29, 1.82) is 0 Å². The largest absolute Gasteiger partial charge is 0.461 e. The Balaban J connectivity index is 1.49. The number of rotatable bonds is 4. The van der Waals surface area contributed by atoms with Crippen LogP contribution in [0.5, 0.6) is 0 Å². The summed E-state index contributed by atoms with van der Waals surface area (Å²) in [6, 6.07) is 12.2. The first-order valence-electron chi connectivity index (χ1n) is 8.43. The van der Waals surface area contributed by atoms with Gasteiger partial charge in [-0.3, -0.25) is 9.59 Å². The molecule has 3 heterocycles. The number of furan rings is 1. The van der Waals surface area contributed by atoms with Crippen LogP contribution in [-0.4, -0.2) is 23.5 Å². The van der Waals surface area contributed by atoms with Crippen molar-refractivity contribution in [2.45, 2.75) is 19.3 Å². The number of carbonyl (C=O) groups excluding carboxylic acids is 2. The molecule has 0 unspecified atom stereocenters. The van der Waals surface area contributed by atoms with E-state index in [4.69, 9.17) is 8.94 Å². The average molecular weight is 351 g/mol. The maximum atomic E-state index is 12.4. The van der Waals surface area contributed by atoms with Crippen LogP contribution in [0.1, 0.15) is 29.8 Å². The Morgan fingerprint density at radius 3 is 2.85 bits per heavy atom. The molecule has 2 aromatic heterocycles. The molecular weight excluding hydrogens is 334 g/mol. The molecule has 3 aromatic rings. The van der Waals surface area contributed by atoms with Gasteiger partial charge >= 0.3 is 0 Å². The summed E-state index contributed by atoms with van der Waals surface area (Å²) < 4.78 is 10.4. The van der Waals surface area contributed by atoms with E-state index < -0.39 is 5.91 Å². The van der Waals surface area contributed by atoms with Gasteiger partial charge in [-0.1, -0.05) is 11.2 Å². The molecule has 26 heavy (non-hydrogen) atoms. The van der Waals surface area contributed by atoms with Gasteiger partial charge in [0, 0.05) is 30.4 Å². The fraction of sp³-hybridized carbons (Fsp3) is 0.211.